The highest BCUT2D eigenvalue weighted by molar-refractivity contribution is 7.89. The van der Waals surface area contributed by atoms with Gasteiger partial charge in [-0.25, -0.2) is 8.42 Å². The van der Waals surface area contributed by atoms with Crippen LogP contribution in [0.2, 0.25) is 0 Å². The Kier molecular flexibility index (Phi) is 15.1. The Labute approximate surface area is 382 Å². The molecular formula is C55H55N3O6S. The summed E-state index contributed by atoms with van der Waals surface area (Å²) in [5, 5.41) is 12.8. The van der Waals surface area contributed by atoms with Gasteiger partial charge in [-0.15, -0.1) is 0 Å². The van der Waals surface area contributed by atoms with Gasteiger partial charge < -0.3 is 19.9 Å². The van der Waals surface area contributed by atoms with E-state index in [1.54, 1.807) is 24.3 Å². The van der Waals surface area contributed by atoms with Crippen molar-refractivity contribution < 1.29 is 27.8 Å². The van der Waals surface area contributed by atoms with E-state index in [-0.39, 0.29) is 36.7 Å². The lowest BCUT2D eigenvalue weighted by atomic mass is 9.98. The number of nitrogens with zero attached hydrogens (tertiary/aromatic N) is 1. The van der Waals surface area contributed by atoms with Crippen LogP contribution in [0.5, 0.6) is 0 Å². The summed E-state index contributed by atoms with van der Waals surface area (Å²) in [7, 11) is -3.98. The van der Waals surface area contributed by atoms with Crippen LogP contribution in [0.4, 0.5) is 0 Å². The Morgan fingerprint density at radius 3 is 1.86 bits per heavy atom. The molecule has 65 heavy (non-hydrogen) atoms. The van der Waals surface area contributed by atoms with Gasteiger partial charge in [0.15, 0.2) is 6.29 Å². The van der Waals surface area contributed by atoms with Crippen molar-refractivity contribution >= 4 is 15.9 Å². The molecule has 7 aromatic carbocycles. The van der Waals surface area contributed by atoms with E-state index in [2.05, 4.69) is 69.5 Å². The number of amides is 1. The zero-order valence-corrected chi connectivity index (χ0v) is 37.3. The number of benzene rings is 7. The fourth-order valence-electron chi connectivity index (χ4n) is 8.24. The molecule has 1 saturated heterocycles. The third-order valence-corrected chi connectivity index (χ3v) is 13.2. The van der Waals surface area contributed by atoms with Gasteiger partial charge in [0.25, 0.3) is 0 Å². The molecule has 0 saturated carbocycles. The SMILES string of the molecule is Cc1ccc(S(=O)(=O)N[C@H](Cc2ccccc2)C(=O)NCc2cccc(-c3cccc([C@H]4O[C@@H](CN(Cc5ccccc5)Cc5ccccc5)C[C@@H](c5ccc(CO)cc5)O4)c3)c2)cc1. The molecule has 0 unspecified atom stereocenters. The standard InChI is InChI=1S/C55H55N3O6S/c1-40-23-29-51(30-24-40)65(61,62)57-52(32-41-13-5-2-6-14-41)54(60)56-35-45-19-11-20-47(31-45)48-21-12-22-49(33-48)55-63-50(34-53(64-55)46-27-25-44(39-59)26-28-46)38-58(36-42-15-7-3-8-16-42)37-43-17-9-4-10-18-43/h2-31,33,50,52-53,55,57,59H,32,34-39H2,1H3,(H,56,60)/t50-,52-,53+,55+/m1/s1. The Bertz CT molecular complexity index is 2680. The maximum Gasteiger partial charge on any atom is 0.241 e. The van der Waals surface area contributed by atoms with Gasteiger partial charge in [0, 0.05) is 38.2 Å². The van der Waals surface area contributed by atoms with Gasteiger partial charge in [-0.2, -0.15) is 4.72 Å². The van der Waals surface area contributed by atoms with Gasteiger partial charge in [-0.3, -0.25) is 9.69 Å². The number of aliphatic hydroxyl groups is 1. The molecule has 1 aliphatic rings. The molecule has 9 nitrogen and oxygen atoms in total. The molecule has 7 aromatic rings. The van der Waals surface area contributed by atoms with E-state index < -0.39 is 28.3 Å². The first-order chi connectivity index (χ1) is 31.7. The second-order valence-electron chi connectivity index (χ2n) is 16.7. The van der Waals surface area contributed by atoms with Crippen molar-refractivity contribution in [2.75, 3.05) is 6.54 Å². The fourth-order valence-corrected chi connectivity index (χ4v) is 9.43. The van der Waals surface area contributed by atoms with Gasteiger partial charge in [-0.05, 0) is 82.1 Å². The first-order valence-corrected chi connectivity index (χ1v) is 23.6. The summed E-state index contributed by atoms with van der Waals surface area (Å²) < 4.78 is 43.3. The number of nitrogens with one attached hydrogen (secondary N) is 2. The lowest BCUT2D eigenvalue weighted by Crippen LogP contribution is -2.47. The van der Waals surface area contributed by atoms with Crippen LogP contribution in [-0.4, -0.2) is 43.0 Å². The number of sulfonamides is 1. The van der Waals surface area contributed by atoms with Gasteiger partial charge in [0.2, 0.25) is 15.9 Å². The molecule has 0 radical (unpaired) electrons. The van der Waals surface area contributed by atoms with Crippen LogP contribution in [0.25, 0.3) is 11.1 Å². The van der Waals surface area contributed by atoms with Crippen molar-refractivity contribution in [1.82, 2.24) is 14.9 Å². The number of carbonyl (C=O) groups excluding carboxylic acids is 1. The summed E-state index contributed by atoms with van der Waals surface area (Å²) in [4.78, 5) is 16.4. The van der Waals surface area contributed by atoms with Crippen LogP contribution in [0.15, 0.2) is 193 Å². The molecule has 332 valence electrons. The van der Waals surface area contributed by atoms with Crippen molar-refractivity contribution in [3.05, 3.63) is 233 Å². The van der Waals surface area contributed by atoms with Crippen LogP contribution in [-0.2, 0) is 57.0 Å². The van der Waals surface area contributed by atoms with Crippen LogP contribution >= 0.6 is 0 Å². The molecule has 10 heteroatoms. The van der Waals surface area contributed by atoms with E-state index in [1.807, 2.05) is 116 Å². The minimum absolute atomic E-state index is 0.0285. The average Bonchev–Trinajstić information content (AvgIpc) is 3.34. The highest BCUT2D eigenvalue weighted by Crippen LogP contribution is 2.39. The number of ether oxygens (including phenoxy) is 2. The maximum atomic E-state index is 13.8. The van der Waals surface area contributed by atoms with Crippen molar-refractivity contribution in [2.45, 2.75) is 75.4 Å². The molecule has 4 atom stereocenters. The summed E-state index contributed by atoms with van der Waals surface area (Å²) in [6.45, 7) is 4.27. The summed E-state index contributed by atoms with van der Waals surface area (Å²) in [5.74, 6) is -0.426. The lowest BCUT2D eigenvalue weighted by molar-refractivity contribution is -0.253. The minimum Gasteiger partial charge on any atom is -0.392 e. The zero-order valence-electron chi connectivity index (χ0n) is 36.5. The number of hydrogen-bond acceptors (Lipinski definition) is 7. The lowest BCUT2D eigenvalue weighted by Gasteiger charge is -2.38. The second kappa shape index (κ2) is 21.6. The summed E-state index contributed by atoms with van der Waals surface area (Å²) in [5.41, 5.74) is 9.73. The van der Waals surface area contributed by atoms with E-state index >= 15 is 0 Å². The summed E-state index contributed by atoms with van der Waals surface area (Å²) in [6, 6.07) is 60.0. The first kappa shape index (κ1) is 45.3. The van der Waals surface area contributed by atoms with Crippen LogP contribution < -0.4 is 10.0 Å². The molecule has 0 spiro atoms. The molecule has 0 aromatic heterocycles. The van der Waals surface area contributed by atoms with Gasteiger partial charge in [-0.1, -0.05) is 169 Å². The topological polar surface area (TPSA) is 117 Å². The molecule has 1 amide bonds. The maximum absolute atomic E-state index is 13.8. The first-order valence-electron chi connectivity index (χ1n) is 22.1. The van der Waals surface area contributed by atoms with Crippen LogP contribution in [0, 0.1) is 6.92 Å². The molecule has 0 aliphatic carbocycles. The Hall–Kier alpha value is -6.24. The molecule has 8 rings (SSSR count). The second-order valence-corrected chi connectivity index (χ2v) is 18.4. The van der Waals surface area contributed by atoms with E-state index in [0.29, 0.717) is 13.0 Å². The minimum atomic E-state index is -3.98. The van der Waals surface area contributed by atoms with Gasteiger partial charge in [0.1, 0.15) is 6.04 Å². The molecule has 3 N–H and O–H groups in total. The van der Waals surface area contributed by atoms with E-state index in [0.717, 1.165) is 57.6 Å². The highest BCUT2D eigenvalue weighted by Gasteiger charge is 2.34. The molecule has 1 fully saturated rings. The Morgan fingerprint density at radius 1 is 0.646 bits per heavy atom. The van der Waals surface area contributed by atoms with Crippen molar-refractivity contribution in [1.29, 1.82) is 0 Å². The predicted octanol–water partition coefficient (Wildman–Crippen LogP) is 9.61. The molecule has 0 bridgehead atoms. The fraction of sp³-hybridized carbons (Fsp3) is 0.218. The number of rotatable bonds is 18. The number of carbonyl (C=O) groups is 1. The summed E-state index contributed by atoms with van der Waals surface area (Å²) in [6.07, 6.45) is -0.221. The monoisotopic (exact) mass is 885 g/mol. The van der Waals surface area contributed by atoms with Crippen molar-refractivity contribution in [3.8, 4) is 11.1 Å². The normalized spacial score (nSPS) is 16.8. The molecule has 1 aliphatic heterocycles. The zero-order chi connectivity index (χ0) is 45.0. The summed E-state index contributed by atoms with van der Waals surface area (Å²) >= 11 is 0. The highest BCUT2D eigenvalue weighted by atomic mass is 32.2. The van der Waals surface area contributed by atoms with Gasteiger partial charge >= 0.3 is 0 Å². The van der Waals surface area contributed by atoms with Gasteiger partial charge in [0.05, 0.1) is 23.7 Å². The van der Waals surface area contributed by atoms with E-state index in [1.165, 1.54) is 11.1 Å². The largest absolute Gasteiger partial charge is 0.392 e. The van der Waals surface area contributed by atoms with E-state index in [9.17, 15) is 18.3 Å². The predicted molar refractivity (Wildman–Crippen MR) is 255 cm³/mol. The number of hydrogen-bond donors (Lipinski definition) is 3. The number of aryl methyl sites for hydroxylation is 1. The van der Waals surface area contributed by atoms with E-state index in [4.69, 9.17) is 9.47 Å². The van der Waals surface area contributed by atoms with Crippen molar-refractivity contribution in [2.24, 2.45) is 0 Å². The number of aliphatic hydroxyl groups excluding tert-OH is 1. The third kappa shape index (κ3) is 12.5. The third-order valence-electron chi connectivity index (χ3n) is 11.7. The molecule has 1 heterocycles. The smallest absolute Gasteiger partial charge is 0.241 e. The Balaban J connectivity index is 1.00. The van der Waals surface area contributed by atoms with Crippen molar-refractivity contribution in [3.63, 3.8) is 0 Å². The van der Waals surface area contributed by atoms with Crippen LogP contribution in [0.3, 0.4) is 0 Å². The quantitative estimate of drug-likeness (QED) is 0.0786. The van der Waals surface area contributed by atoms with Crippen LogP contribution in [0.1, 0.15) is 63.3 Å². The molecular weight excluding hydrogens is 831 g/mol. The average molecular weight is 886 g/mol. The Morgan fingerprint density at radius 2 is 1.23 bits per heavy atom.